The number of carbonyl (C=O) groups is 3. The molecule has 1 heterocycles. The molecule has 0 amide bonds. The molecule has 0 spiro atoms. The molecule has 0 radical (unpaired) electrons. The summed E-state index contributed by atoms with van der Waals surface area (Å²) in [6.45, 7) is 3.05. The number of Topliss-reactive ketones (excluding diaryl/α,β-unsaturated/α-hetero) is 1. The van der Waals surface area contributed by atoms with Crippen LogP contribution in [0.4, 0.5) is 0 Å². The summed E-state index contributed by atoms with van der Waals surface area (Å²) < 4.78 is 10.1. The highest BCUT2D eigenvalue weighted by Crippen LogP contribution is 2.31. The van der Waals surface area contributed by atoms with Crippen molar-refractivity contribution in [2.45, 2.75) is 58.2 Å². The molecule has 5 heteroatoms. The predicted octanol–water partition coefficient (Wildman–Crippen LogP) is 1.98. The van der Waals surface area contributed by atoms with Gasteiger partial charge >= 0.3 is 11.9 Å². The Morgan fingerprint density at radius 2 is 1.68 bits per heavy atom. The number of cyclic esters (lactones) is 2. The van der Waals surface area contributed by atoms with Crippen LogP contribution in [0.5, 0.6) is 0 Å². The highest BCUT2D eigenvalue weighted by Gasteiger charge is 2.44. The van der Waals surface area contributed by atoms with E-state index in [0.717, 1.165) is 25.7 Å². The molecule has 2 aliphatic rings. The Balaban J connectivity index is 2.03. The number of hydrogen-bond acceptors (Lipinski definition) is 5. The lowest BCUT2D eigenvalue weighted by molar-refractivity contribution is -0.240. The third kappa shape index (κ3) is 3.33. The van der Waals surface area contributed by atoms with Crippen molar-refractivity contribution in [1.29, 1.82) is 0 Å². The quantitative estimate of drug-likeness (QED) is 0.435. The summed E-state index contributed by atoms with van der Waals surface area (Å²) in [7, 11) is 0. The summed E-state index contributed by atoms with van der Waals surface area (Å²) in [4.78, 5) is 35.6. The van der Waals surface area contributed by atoms with E-state index in [-0.39, 0.29) is 18.1 Å². The van der Waals surface area contributed by atoms with Gasteiger partial charge in [-0.1, -0.05) is 12.8 Å². The van der Waals surface area contributed by atoms with Gasteiger partial charge < -0.3 is 9.47 Å². The molecular weight excluding hydrogens is 248 g/mol. The maximum atomic E-state index is 11.9. The van der Waals surface area contributed by atoms with E-state index in [2.05, 4.69) is 0 Å². The van der Waals surface area contributed by atoms with Crippen LogP contribution in [0.25, 0.3) is 0 Å². The van der Waals surface area contributed by atoms with Crippen LogP contribution < -0.4 is 0 Å². The lowest BCUT2D eigenvalue weighted by Crippen LogP contribution is -2.47. The van der Waals surface area contributed by atoms with Crippen molar-refractivity contribution in [2.24, 2.45) is 11.8 Å². The zero-order chi connectivity index (χ0) is 14.0. The lowest BCUT2D eigenvalue weighted by atomic mass is 9.87. The van der Waals surface area contributed by atoms with E-state index in [0.29, 0.717) is 6.42 Å². The Labute approximate surface area is 112 Å². The summed E-state index contributed by atoms with van der Waals surface area (Å²) in [5.41, 5.74) is 0. The predicted molar refractivity (Wildman–Crippen MR) is 66.0 cm³/mol. The summed E-state index contributed by atoms with van der Waals surface area (Å²) in [6.07, 6.45) is 4.44. The molecule has 1 saturated heterocycles. The molecule has 0 aromatic heterocycles. The van der Waals surface area contributed by atoms with E-state index in [1.165, 1.54) is 13.8 Å². The van der Waals surface area contributed by atoms with Crippen LogP contribution in [-0.2, 0) is 23.9 Å². The lowest BCUT2D eigenvalue weighted by Gasteiger charge is -2.33. The Kier molecular flexibility index (Phi) is 3.92. The van der Waals surface area contributed by atoms with Gasteiger partial charge in [0.25, 0.3) is 5.79 Å². The van der Waals surface area contributed by atoms with Gasteiger partial charge in [-0.2, -0.15) is 0 Å². The number of esters is 2. The SMILES string of the molecule is CC1(C)OC(=O)C(CC2CCCCCC2=O)C(=O)O1. The third-order valence-corrected chi connectivity index (χ3v) is 3.71. The van der Waals surface area contributed by atoms with Crippen molar-refractivity contribution in [3.63, 3.8) is 0 Å². The molecule has 1 aliphatic heterocycles. The van der Waals surface area contributed by atoms with E-state index >= 15 is 0 Å². The minimum Gasteiger partial charge on any atom is -0.422 e. The smallest absolute Gasteiger partial charge is 0.323 e. The molecule has 0 aromatic carbocycles. The van der Waals surface area contributed by atoms with Gasteiger partial charge in [0, 0.05) is 26.2 Å². The van der Waals surface area contributed by atoms with Gasteiger partial charge in [-0.25, -0.2) is 0 Å². The summed E-state index contributed by atoms with van der Waals surface area (Å²) >= 11 is 0. The van der Waals surface area contributed by atoms with Crippen molar-refractivity contribution in [3.05, 3.63) is 0 Å². The monoisotopic (exact) mass is 268 g/mol. The maximum Gasteiger partial charge on any atom is 0.323 e. The van der Waals surface area contributed by atoms with Crippen molar-refractivity contribution in [2.75, 3.05) is 0 Å². The Morgan fingerprint density at radius 1 is 1.05 bits per heavy atom. The molecule has 0 bridgehead atoms. The normalized spacial score (nSPS) is 28.5. The molecule has 5 nitrogen and oxygen atoms in total. The molecular formula is C14H20O5. The molecule has 2 fully saturated rings. The summed E-state index contributed by atoms with van der Waals surface area (Å²) in [5, 5.41) is 0. The van der Waals surface area contributed by atoms with Crippen LogP contribution in [-0.4, -0.2) is 23.5 Å². The number of rotatable bonds is 2. The minimum absolute atomic E-state index is 0.155. The van der Waals surface area contributed by atoms with Crippen LogP contribution in [0.1, 0.15) is 52.4 Å². The first kappa shape index (κ1) is 14.0. The molecule has 1 aliphatic carbocycles. The van der Waals surface area contributed by atoms with E-state index < -0.39 is 23.6 Å². The molecule has 1 saturated carbocycles. The van der Waals surface area contributed by atoms with E-state index in [1.54, 1.807) is 0 Å². The Morgan fingerprint density at radius 3 is 2.32 bits per heavy atom. The summed E-state index contributed by atoms with van der Waals surface area (Å²) in [6, 6.07) is 0. The molecule has 1 unspecified atom stereocenters. The molecule has 2 rings (SSSR count). The molecule has 0 aromatic rings. The number of hydrogen-bond donors (Lipinski definition) is 0. The standard InChI is InChI=1S/C14H20O5/c1-14(2)18-12(16)10(13(17)19-14)8-9-6-4-3-5-7-11(9)15/h9-10H,3-8H2,1-2H3. The topological polar surface area (TPSA) is 69.7 Å². The first-order valence-corrected chi connectivity index (χ1v) is 6.87. The van der Waals surface area contributed by atoms with Crippen LogP contribution >= 0.6 is 0 Å². The van der Waals surface area contributed by atoms with Gasteiger partial charge in [0.1, 0.15) is 5.78 Å². The van der Waals surface area contributed by atoms with Gasteiger partial charge in [-0.15, -0.1) is 0 Å². The average Bonchev–Trinajstić information content (AvgIpc) is 2.47. The van der Waals surface area contributed by atoms with Crippen molar-refractivity contribution < 1.29 is 23.9 Å². The van der Waals surface area contributed by atoms with Gasteiger partial charge in [-0.05, 0) is 19.3 Å². The van der Waals surface area contributed by atoms with Crippen LogP contribution in [0.2, 0.25) is 0 Å². The first-order chi connectivity index (χ1) is 8.89. The van der Waals surface area contributed by atoms with Gasteiger partial charge in [0.15, 0.2) is 5.92 Å². The van der Waals surface area contributed by atoms with Crippen LogP contribution in [0.3, 0.4) is 0 Å². The molecule has 19 heavy (non-hydrogen) atoms. The summed E-state index contributed by atoms with van der Waals surface area (Å²) in [5.74, 6) is -3.34. The third-order valence-electron chi connectivity index (χ3n) is 3.71. The largest absolute Gasteiger partial charge is 0.422 e. The fraction of sp³-hybridized carbons (Fsp3) is 0.786. The van der Waals surface area contributed by atoms with Crippen LogP contribution in [0.15, 0.2) is 0 Å². The zero-order valence-corrected chi connectivity index (χ0v) is 11.4. The van der Waals surface area contributed by atoms with Gasteiger partial charge in [0.05, 0.1) is 0 Å². The van der Waals surface area contributed by atoms with E-state index in [9.17, 15) is 14.4 Å². The van der Waals surface area contributed by atoms with Crippen molar-refractivity contribution in [3.8, 4) is 0 Å². The maximum absolute atomic E-state index is 11.9. The number of ketones is 1. The molecule has 0 N–H and O–H groups in total. The second-order valence-corrected chi connectivity index (χ2v) is 5.79. The van der Waals surface area contributed by atoms with E-state index in [1.807, 2.05) is 0 Å². The van der Waals surface area contributed by atoms with Crippen molar-refractivity contribution >= 4 is 17.7 Å². The second kappa shape index (κ2) is 5.31. The highest BCUT2D eigenvalue weighted by molar-refractivity contribution is 5.97. The minimum atomic E-state index is -1.20. The molecule has 106 valence electrons. The van der Waals surface area contributed by atoms with E-state index in [4.69, 9.17) is 9.47 Å². The van der Waals surface area contributed by atoms with Gasteiger partial charge in [-0.3, -0.25) is 14.4 Å². The fourth-order valence-corrected chi connectivity index (χ4v) is 2.70. The first-order valence-electron chi connectivity index (χ1n) is 6.87. The van der Waals surface area contributed by atoms with Gasteiger partial charge in [0.2, 0.25) is 0 Å². The Bertz CT molecular complexity index is 379. The highest BCUT2D eigenvalue weighted by atomic mass is 16.7. The number of carbonyl (C=O) groups excluding carboxylic acids is 3. The second-order valence-electron chi connectivity index (χ2n) is 5.79. The number of ether oxygens (including phenoxy) is 2. The van der Waals surface area contributed by atoms with Crippen LogP contribution in [0, 0.1) is 11.8 Å². The Hall–Kier alpha value is -1.39. The van der Waals surface area contributed by atoms with Crippen molar-refractivity contribution in [1.82, 2.24) is 0 Å². The average molecular weight is 268 g/mol. The molecule has 1 atom stereocenters. The zero-order valence-electron chi connectivity index (χ0n) is 11.4. The fourth-order valence-electron chi connectivity index (χ4n) is 2.70.